The molecule has 0 fully saturated rings. The van der Waals surface area contributed by atoms with Gasteiger partial charge in [-0.25, -0.2) is 0 Å². The Balaban J connectivity index is 0.839. The van der Waals surface area contributed by atoms with Gasteiger partial charge >= 0.3 is 0 Å². The van der Waals surface area contributed by atoms with E-state index in [1.165, 1.54) is 49.6 Å². The quantitative estimate of drug-likeness (QED) is 0.144. The monoisotopic (exact) mass is 880 g/mol. The van der Waals surface area contributed by atoms with E-state index in [0.29, 0.717) is 0 Å². The highest BCUT2D eigenvalue weighted by Crippen LogP contribution is 2.40. The van der Waals surface area contributed by atoms with Gasteiger partial charge in [-0.1, -0.05) is 182 Å². The SMILES string of the molecule is c1ccc(-c2ccc(-c3ccc(N(c4ccc(-c5cccc(-c6ccc7c(c6)oc6ccccc67)c5)cc4)c4ccc(-c5cccc(-n6c7ccccc7c7ccccc76)c5)cc4)cc3)cc2)cc1. The zero-order chi connectivity index (χ0) is 45.7. The summed E-state index contributed by atoms with van der Waals surface area (Å²) in [5.74, 6) is 0. The van der Waals surface area contributed by atoms with Gasteiger partial charge in [0.25, 0.3) is 0 Å². The van der Waals surface area contributed by atoms with Crippen LogP contribution in [0.1, 0.15) is 0 Å². The second-order valence-electron chi connectivity index (χ2n) is 17.7. The van der Waals surface area contributed by atoms with Crippen molar-refractivity contribution in [2.45, 2.75) is 0 Å². The Morgan fingerprint density at radius 3 is 1.20 bits per heavy atom. The zero-order valence-electron chi connectivity index (χ0n) is 37.7. The Morgan fingerprint density at radius 1 is 0.246 bits per heavy atom. The van der Waals surface area contributed by atoms with E-state index in [-0.39, 0.29) is 0 Å². The first-order valence-electron chi connectivity index (χ1n) is 23.6. The maximum atomic E-state index is 6.25. The third kappa shape index (κ3) is 7.34. The molecule has 0 aliphatic rings. The van der Waals surface area contributed by atoms with Crippen molar-refractivity contribution in [1.29, 1.82) is 0 Å². The number of benzene rings is 11. The third-order valence-corrected chi connectivity index (χ3v) is 13.6. The van der Waals surface area contributed by atoms with Gasteiger partial charge in [0.1, 0.15) is 11.2 Å². The molecule has 0 aliphatic carbocycles. The topological polar surface area (TPSA) is 21.3 Å². The molecule has 13 aromatic rings. The fourth-order valence-corrected chi connectivity index (χ4v) is 10.2. The Hall–Kier alpha value is -9.18. The van der Waals surface area contributed by atoms with Gasteiger partial charge < -0.3 is 13.9 Å². The lowest BCUT2D eigenvalue weighted by Crippen LogP contribution is -2.09. The molecule has 0 saturated heterocycles. The van der Waals surface area contributed by atoms with Crippen LogP contribution in [0, 0.1) is 0 Å². The summed E-state index contributed by atoms with van der Waals surface area (Å²) in [5.41, 5.74) is 20.3. The predicted molar refractivity (Wildman–Crippen MR) is 290 cm³/mol. The van der Waals surface area contributed by atoms with Gasteiger partial charge in [-0.05, 0) is 141 Å². The minimum atomic E-state index is 0.901. The minimum absolute atomic E-state index is 0.901. The molecule has 11 aromatic carbocycles. The number of para-hydroxylation sites is 3. The molecule has 69 heavy (non-hydrogen) atoms. The largest absolute Gasteiger partial charge is 0.456 e. The Labute approximate surface area is 401 Å². The Kier molecular flexibility index (Phi) is 9.84. The fourth-order valence-electron chi connectivity index (χ4n) is 10.2. The molecule has 3 heteroatoms. The Bertz CT molecular complexity index is 3920. The number of anilines is 3. The van der Waals surface area contributed by atoms with Crippen LogP contribution in [0.5, 0.6) is 0 Å². The van der Waals surface area contributed by atoms with Crippen LogP contribution in [0.2, 0.25) is 0 Å². The van der Waals surface area contributed by atoms with Crippen LogP contribution < -0.4 is 4.90 Å². The second kappa shape index (κ2) is 16.9. The number of hydrogen-bond donors (Lipinski definition) is 0. The van der Waals surface area contributed by atoms with E-state index in [4.69, 9.17) is 4.42 Å². The van der Waals surface area contributed by atoms with Crippen LogP contribution >= 0.6 is 0 Å². The molecule has 0 unspecified atom stereocenters. The second-order valence-corrected chi connectivity index (χ2v) is 17.7. The fraction of sp³-hybridized carbons (Fsp3) is 0. The molecule has 0 amide bonds. The molecule has 0 N–H and O–H groups in total. The molecule has 0 atom stereocenters. The van der Waals surface area contributed by atoms with Gasteiger partial charge in [-0.15, -0.1) is 0 Å². The van der Waals surface area contributed by atoms with E-state index in [9.17, 15) is 0 Å². The molecule has 2 heterocycles. The van der Waals surface area contributed by atoms with Crippen molar-refractivity contribution in [2.75, 3.05) is 4.90 Å². The summed E-state index contributed by atoms with van der Waals surface area (Å²) in [6.07, 6.45) is 0. The smallest absolute Gasteiger partial charge is 0.136 e. The van der Waals surface area contributed by atoms with Crippen molar-refractivity contribution in [3.8, 4) is 61.3 Å². The van der Waals surface area contributed by atoms with Gasteiger partial charge in [0.15, 0.2) is 0 Å². The van der Waals surface area contributed by atoms with Crippen LogP contribution in [0.3, 0.4) is 0 Å². The van der Waals surface area contributed by atoms with Crippen molar-refractivity contribution < 1.29 is 4.42 Å². The summed E-state index contributed by atoms with van der Waals surface area (Å²) in [6.45, 7) is 0. The number of nitrogens with zero attached hydrogens (tertiary/aromatic N) is 2. The van der Waals surface area contributed by atoms with Crippen LogP contribution in [0.4, 0.5) is 17.1 Å². The van der Waals surface area contributed by atoms with Gasteiger partial charge in [0, 0.05) is 44.3 Å². The first kappa shape index (κ1) is 40.1. The number of furan rings is 1. The standard InChI is InChI=1S/C66H44N2O/c1-2-12-45(13-3-1)46-24-26-47(27-25-46)48-28-35-55(36-29-48)67(56-37-30-49(31-38-56)51-14-10-15-52(42-51)54-34-41-62-61-20-6-9-23-65(61)69-66(62)44-54)57-39-32-50(33-40-57)53-16-11-17-58(43-53)68-63-21-7-4-18-59(63)60-19-5-8-22-64(60)68/h1-44H. The molecule has 324 valence electrons. The predicted octanol–water partition coefficient (Wildman–Crippen LogP) is 18.5. The van der Waals surface area contributed by atoms with Crippen LogP contribution in [0.25, 0.3) is 105 Å². The molecular formula is C66H44N2O. The van der Waals surface area contributed by atoms with Crippen molar-refractivity contribution in [1.82, 2.24) is 4.57 Å². The van der Waals surface area contributed by atoms with E-state index in [1.54, 1.807) is 0 Å². The summed E-state index contributed by atoms with van der Waals surface area (Å²) in [4.78, 5) is 2.35. The summed E-state index contributed by atoms with van der Waals surface area (Å²) in [7, 11) is 0. The van der Waals surface area contributed by atoms with Crippen LogP contribution in [0.15, 0.2) is 271 Å². The third-order valence-electron chi connectivity index (χ3n) is 13.6. The summed E-state index contributed by atoms with van der Waals surface area (Å²) in [5, 5.41) is 4.80. The number of hydrogen-bond acceptors (Lipinski definition) is 2. The number of fused-ring (bicyclic) bond motifs is 6. The lowest BCUT2D eigenvalue weighted by Gasteiger charge is -2.26. The Morgan fingerprint density at radius 2 is 0.623 bits per heavy atom. The zero-order valence-corrected chi connectivity index (χ0v) is 37.7. The van der Waals surface area contributed by atoms with Gasteiger partial charge in [-0.2, -0.15) is 0 Å². The number of aromatic nitrogens is 1. The highest BCUT2D eigenvalue weighted by Gasteiger charge is 2.16. The molecule has 0 spiro atoms. The van der Waals surface area contributed by atoms with Crippen LogP contribution in [-0.4, -0.2) is 4.57 Å². The van der Waals surface area contributed by atoms with Crippen molar-refractivity contribution in [2.24, 2.45) is 0 Å². The minimum Gasteiger partial charge on any atom is -0.456 e. The normalized spacial score (nSPS) is 11.5. The van der Waals surface area contributed by atoms with E-state index < -0.39 is 0 Å². The average molecular weight is 881 g/mol. The molecule has 13 rings (SSSR count). The van der Waals surface area contributed by atoms with Crippen molar-refractivity contribution >= 4 is 60.8 Å². The molecular weight excluding hydrogens is 837 g/mol. The van der Waals surface area contributed by atoms with Crippen LogP contribution in [-0.2, 0) is 0 Å². The first-order valence-corrected chi connectivity index (χ1v) is 23.6. The van der Waals surface area contributed by atoms with E-state index in [1.807, 2.05) is 12.1 Å². The highest BCUT2D eigenvalue weighted by molar-refractivity contribution is 6.09. The number of rotatable bonds is 9. The van der Waals surface area contributed by atoms with E-state index >= 15 is 0 Å². The molecule has 3 nitrogen and oxygen atoms in total. The van der Waals surface area contributed by atoms with Gasteiger partial charge in [0.2, 0.25) is 0 Å². The van der Waals surface area contributed by atoms with E-state index in [0.717, 1.165) is 72.5 Å². The van der Waals surface area contributed by atoms with Gasteiger partial charge in [-0.3, -0.25) is 0 Å². The molecule has 2 aromatic heterocycles. The molecule has 0 bridgehead atoms. The molecule has 0 saturated carbocycles. The highest BCUT2D eigenvalue weighted by atomic mass is 16.3. The van der Waals surface area contributed by atoms with Gasteiger partial charge in [0.05, 0.1) is 11.0 Å². The van der Waals surface area contributed by atoms with E-state index in [2.05, 4.69) is 264 Å². The van der Waals surface area contributed by atoms with Crippen molar-refractivity contribution in [3.63, 3.8) is 0 Å². The maximum Gasteiger partial charge on any atom is 0.136 e. The summed E-state index contributed by atoms with van der Waals surface area (Å²) in [6, 6.07) is 96.1. The summed E-state index contributed by atoms with van der Waals surface area (Å²) < 4.78 is 8.64. The van der Waals surface area contributed by atoms with Crippen molar-refractivity contribution in [3.05, 3.63) is 267 Å². The first-order chi connectivity index (χ1) is 34.2. The lowest BCUT2D eigenvalue weighted by molar-refractivity contribution is 0.669. The molecule has 0 radical (unpaired) electrons. The lowest BCUT2D eigenvalue weighted by atomic mass is 9.98. The molecule has 0 aliphatic heterocycles. The summed E-state index contributed by atoms with van der Waals surface area (Å²) >= 11 is 0. The maximum absolute atomic E-state index is 6.25. The average Bonchev–Trinajstić information content (AvgIpc) is 3.97.